The molecular formula is C30H27FN2O6. The summed E-state index contributed by atoms with van der Waals surface area (Å²) in [7, 11) is 0. The van der Waals surface area contributed by atoms with Crippen LogP contribution in [0.15, 0.2) is 41.3 Å². The third kappa shape index (κ3) is 3.32. The van der Waals surface area contributed by atoms with Crippen molar-refractivity contribution in [3.63, 3.8) is 0 Å². The van der Waals surface area contributed by atoms with Gasteiger partial charge in [-0.25, -0.2) is 4.39 Å². The average molecular weight is 531 g/mol. The molecule has 0 saturated heterocycles. The second-order valence-corrected chi connectivity index (χ2v) is 10.7. The quantitative estimate of drug-likeness (QED) is 0.216. The van der Waals surface area contributed by atoms with Crippen LogP contribution in [0, 0.1) is 12.7 Å². The first-order valence-electron chi connectivity index (χ1n) is 12.8. The molecule has 0 spiro atoms. The molecule has 0 bridgehead atoms. The summed E-state index contributed by atoms with van der Waals surface area (Å²) in [4.78, 5) is 43.1. The SMILES string of the molecule is CC(=O)c1c(O)c(C)c(O)c2c1OC1=CC(=O)C(=C(C)NC3CCCc4c3[nH]c3ccc(F)cc43)C(=O)[C@@]12C. The molecular weight excluding hydrogens is 503 g/mol. The summed E-state index contributed by atoms with van der Waals surface area (Å²) in [6, 6.07) is 4.38. The van der Waals surface area contributed by atoms with Crippen molar-refractivity contribution in [2.45, 2.75) is 58.4 Å². The van der Waals surface area contributed by atoms with Crippen molar-refractivity contribution < 1.29 is 33.7 Å². The molecule has 1 aliphatic heterocycles. The van der Waals surface area contributed by atoms with Crippen molar-refractivity contribution in [2.75, 3.05) is 0 Å². The molecule has 8 nitrogen and oxygen atoms in total. The number of phenolic OH excluding ortho intramolecular Hbond substituents is 2. The molecule has 6 rings (SSSR count). The molecule has 2 aliphatic carbocycles. The molecule has 4 N–H and O–H groups in total. The third-order valence-electron chi connectivity index (χ3n) is 8.32. The van der Waals surface area contributed by atoms with E-state index in [1.807, 2.05) is 0 Å². The number of benzene rings is 2. The minimum Gasteiger partial charge on any atom is -0.507 e. The maximum Gasteiger partial charge on any atom is 0.194 e. The largest absolute Gasteiger partial charge is 0.507 e. The van der Waals surface area contributed by atoms with E-state index < -0.39 is 28.5 Å². The van der Waals surface area contributed by atoms with Crippen LogP contribution in [-0.2, 0) is 21.4 Å². The van der Waals surface area contributed by atoms with Gasteiger partial charge in [0.25, 0.3) is 0 Å². The number of halogens is 1. The number of phenols is 2. The van der Waals surface area contributed by atoms with Crippen molar-refractivity contribution in [3.8, 4) is 17.2 Å². The molecule has 0 fully saturated rings. The molecule has 3 aliphatic rings. The minimum absolute atomic E-state index is 0.00977. The maximum atomic E-state index is 14.1. The number of hydrogen-bond acceptors (Lipinski definition) is 7. The number of carbonyl (C=O) groups excluding carboxylic acids is 3. The fourth-order valence-electron chi connectivity index (χ4n) is 6.28. The molecule has 2 atom stereocenters. The van der Waals surface area contributed by atoms with Gasteiger partial charge in [-0.15, -0.1) is 0 Å². The van der Waals surface area contributed by atoms with Gasteiger partial charge in [0, 0.05) is 33.9 Å². The van der Waals surface area contributed by atoms with Crippen LogP contribution >= 0.6 is 0 Å². The molecule has 2 heterocycles. The number of Topliss-reactive ketones (excluding diaryl/α,β-unsaturated/α-hetero) is 2. The van der Waals surface area contributed by atoms with E-state index >= 15 is 0 Å². The van der Waals surface area contributed by atoms with Gasteiger partial charge in [0.15, 0.2) is 17.3 Å². The van der Waals surface area contributed by atoms with Crippen LogP contribution in [0.4, 0.5) is 4.39 Å². The van der Waals surface area contributed by atoms with Crippen molar-refractivity contribution in [1.82, 2.24) is 10.3 Å². The van der Waals surface area contributed by atoms with E-state index in [1.54, 1.807) is 13.0 Å². The van der Waals surface area contributed by atoms with Crippen LogP contribution in [-0.4, -0.2) is 32.5 Å². The number of ether oxygens (including phenoxy) is 1. The molecule has 1 unspecified atom stereocenters. The third-order valence-corrected chi connectivity index (χ3v) is 8.32. The summed E-state index contributed by atoms with van der Waals surface area (Å²) in [5, 5.41) is 25.7. The second-order valence-electron chi connectivity index (χ2n) is 10.7. The van der Waals surface area contributed by atoms with Crippen LogP contribution in [0.2, 0.25) is 0 Å². The number of allylic oxidation sites excluding steroid dienone is 4. The van der Waals surface area contributed by atoms with E-state index in [0.29, 0.717) is 5.70 Å². The summed E-state index contributed by atoms with van der Waals surface area (Å²) < 4.78 is 19.8. The number of ketones is 3. The first kappa shape index (κ1) is 24.9. The first-order chi connectivity index (χ1) is 18.4. The van der Waals surface area contributed by atoms with E-state index in [4.69, 9.17) is 4.74 Å². The van der Waals surface area contributed by atoms with Gasteiger partial charge >= 0.3 is 0 Å². The van der Waals surface area contributed by atoms with Crippen molar-refractivity contribution in [3.05, 3.63) is 75.1 Å². The predicted octanol–water partition coefficient (Wildman–Crippen LogP) is 4.86. The lowest BCUT2D eigenvalue weighted by Crippen LogP contribution is -2.41. The Morgan fingerprint density at radius 2 is 1.95 bits per heavy atom. The number of rotatable bonds is 3. The molecule has 200 valence electrons. The van der Waals surface area contributed by atoms with Crippen LogP contribution < -0.4 is 10.1 Å². The van der Waals surface area contributed by atoms with Crippen LogP contribution in [0.1, 0.15) is 72.4 Å². The van der Waals surface area contributed by atoms with E-state index in [0.717, 1.165) is 41.4 Å². The number of H-pyrrole nitrogens is 1. The topological polar surface area (TPSA) is 129 Å². The zero-order valence-corrected chi connectivity index (χ0v) is 21.9. The van der Waals surface area contributed by atoms with Crippen LogP contribution in [0.5, 0.6) is 17.2 Å². The highest BCUT2D eigenvalue weighted by Crippen LogP contribution is 2.57. The Morgan fingerprint density at radius 1 is 1.21 bits per heavy atom. The Labute approximate surface area is 223 Å². The monoisotopic (exact) mass is 530 g/mol. The summed E-state index contributed by atoms with van der Waals surface area (Å²) in [6.45, 7) is 5.88. The Morgan fingerprint density at radius 3 is 2.67 bits per heavy atom. The highest BCUT2D eigenvalue weighted by atomic mass is 19.1. The minimum atomic E-state index is -1.58. The molecule has 0 radical (unpaired) electrons. The highest BCUT2D eigenvalue weighted by molar-refractivity contribution is 6.31. The standard InChI is InChI=1S/C30H27FN2O6/c1-12-26(36)23(14(3)34)28-24(27(12)37)30(4)21(39-28)11-20(35)22(29(30)38)13(2)32-19-7-5-6-16-17-10-15(31)8-9-18(17)33-25(16)19/h8-11,19,32-33,36-37H,5-7H2,1-4H3/t19?,30-/m0/s1. The predicted molar refractivity (Wildman–Crippen MR) is 140 cm³/mol. The smallest absolute Gasteiger partial charge is 0.194 e. The molecule has 2 aromatic carbocycles. The Hall–Kier alpha value is -4.40. The van der Waals surface area contributed by atoms with Gasteiger partial charge in [-0.2, -0.15) is 0 Å². The average Bonchev–Trinajstić information content (AvgIpc) is 3.39. The van der Waals surface area contributed by atoms with Gasteiger partial charge in [-0.05, 0) is 70.7 Å². The summed E-state index contributed by atoms with van der Waals surface area (Å²) in [5.74, 6) is -2.90. The Bertz CT molecular complexity index is 1730. The second kappa shape index (κ2) is 8.30. The van der Waals surface area contributed by atoms with E-state index in [9.17, 15) is 29.0 Å². The first-order valence-corrected chi connectivity index (χ1v) is 12.8. The van der Waals surface area contributed by atoms with E-state index in [1.165, 1.54) is 39.0 Å². The lowest BCUT2D eigenvalue weighted by molar-refractivity contribution is -0.123. The summed E-state index contributed by atoms with van der Waals surface area (Å²) >= 11 is 0. The number of aromatic amines is 1. The van der Waals surface area contributed by atoms with Crippen LogP contribution in [0.25, 0.3) is 10.9 Å². The summed E-state index contributed by atoms with van der Waals surface area (Å²) in [5.41, 5.74) is 1.37. The lowest BCUT2D eigenvalue weighted by atomic mass is 9.70. The maximum absolute atomic E-state index is 14.1. The van der Waals surface area contributed by atoms with Gasteiger partial charge in [0.2, 0.25) is 0 Å². The van der Waals surface area contributed by atoms with Gasteiger partial charge in [-0.3, -0.25) is 14.4 Å². The zero-order valence-electron chi connectivity index (χ0n) is 21.9. The van der Waals surface area contributed by atoms with Crippen molar-refractivity contribution >= 4 is 28.3 Å². The fraction of sp³-hybridized carbons (Fsp3) is 0.300. The zero-order chi connectivity index (χ0) is 28.0. The van der Waals surface area contributed by atoms with Gasteiger partial charge in [0.1, 0.15) is 39.8 Å². The van der Waals surface area contributed by atoms with Crippen molar-refractivity contribution in [1.29, 1.82) is 0 Å². The number of aromatic hydroxyl groups is 2. The van der Waals surface area contributed by atoms with Gasteiger partial charge in [-0.1, -0.05) is 0 Å². The molecule has 9 heteroatoms. The summed E-state index contributed by atoms with van der Waals surface area (Å²) in [6.07, 6.45) is 3.56. The molecule has 3 aromatic rings. The fourth-order valence-corrected chi connectivity index (χ4v) is 6.28. The lowest BCUT2D eigenvalue weighted by Gasteiger charge is -2.30. The van der Waals surface area contributed by atoms with Gasteiger partial charge in [0.05, 0.1) is 17.2 Å². The number of nitrogens with one attached hydrogen (secondary N) is 2. The Balaban J connectivity index is 1.45. The molecule has 39 heavy (non-hydrogen) atoms. The molecule has 0 amide bonds. The highest BCUT2D eigenvalue weighted by Gasteiger charge is 2.56. The number of fused-ring (bicyclic) bond motifs is 6. The molecule has 0 saturated carbocycles. The number of aromatic nitrogens is 1. The van der Waals surface area contributed by atoms with Crippen LogP contribution in [0.3, 0.4) is 0 Å². The number of carbonyl (C=O) groups is 3. The van der Waals surface area contributed by atoms with Crippen molar-refractivity contribution in [2.24, 2.45) is 0 Å². The van der Waals surface area contributed by atoms with E-state index in [2.05, 4.69) is 10.3 Å². The van der Waals surface area contributed by atoms with Gasteiger partial charge < -0.3 is 25.3 Å². The number of hydrogen-bond donors (Lipinski definition) is 4. The number of aryl methyl sites for hydroxylation is 1. The molecule has 1 aromatic heterocycles. The van der Waals surface area contributed by atoms with E-state index in [-0.39, 0.29) is 51.4 Å². The Kier molecular flexibility index (Phi) is 5.30. The normalized spacial score (nSPS) is 23.1.